The van der Waals surface area contributed by atoms with E-state index < -0.39 is 5.60 Å². The summed E-state index contributed by atoms with van der Waals surface area (Å²) in [6.45, 7) is 5.94. The highest BCUT2D eigenvalue weighted by Crippen LogP contribution is 2.36. The first-order chi connectivity index (χ1) is 6.20. The second-order valence-corrected chi connectivity index (χ2v) is 4.45. The van der Waals surface area contributed by atoms with Crippen LogP contribution in [0.1, 0.15) is 51.9 Å². The third kappa shape index (κ3) is 3.15. The number of aliphatic hydroxyl groups is 1. The van der Waals surface area contributed by atoms with Gasteiger partial charge in [-0.1, -0.05) is 25.8 Å². The van der Waals surface area contributed by atoms with E-state index in [0.29, 0.717) is 0 Å². The maximum atomic E-state index is 10.1. The Kier molecular flexibility index (Phi) is 3.98. The van der Waals surface area contributed by atoms with Crippen molar-refractivity contribution < 1.29 is 5.11 Å². The molecular formula is C12H22O. The lowest BCUT2D eigenvalue weighted by molar-refractivity contribution is -0.00751. The van der Waals surface area contributed by atoms with E-state index in [4.69, 9.17) is 0 Å². The molecule has 13 heavy (non-hydrogen) atoms. The first-order valence-electron chi connectivity index (χ1n) is 5.53. The molecule has 0 heterocycles. The Bertz CT molecular complexity index is 155. The quantitative estimate of drug-likeness (QED) is 0.661. The van der Waals surface area contributed by atoms with Gasteiger partial charge in [-0.15, -0.1) is 6.58 Å². The summed E-state index contributed by atoms with van der Waals surface area (Å²) in [5.74, 6) is 0.870. The minimum absolute atomic E-state index is 0.411. The normalized spacial score (nSPS) is 34.5. The molecule has 1 aliphatic rings. The Morgan fingerprint density at radius 2 is 2.08 bits per heavy atom. The van der Waals surface area contributed by atoms with Gasteiger partial charge in [0.2, 0.25) is 0 Å². The summed E-state index contributed by atoms with van der Waals surface area (Å²) in [7, 11) is 0. The molecule has 0 atom stereocenters. The molecule has 1 N–H and O–H groups in total. The van der Waals surface area contributed by atoms with Crippen LogP contribution in [-0.4, -0.2) is 10.7 Å². The Morgan fingerprint density at radius 1 is 1.46 bits per heavy atom. The van der Waals surface area contributed by atoms with Crippen LogP contribution >= 0.6 is 0 Å². The second kappa shape index (κ2) is 4.80. The lowest BCUT2D eigenvalue weighted by atomic mass is 9.76. The minimum atomic E-state index is -0.411. The molecule has 0 aromatic carbocycles. The Hall–Kier alpha value is -0.300. The van der Waals surface area contributed by atoms with Gasteiger partial charge in [-0.3, -0.25) is 0 Å². The highest BCUT2D eigenvalue weighted by atomic mass is 16.3. The summed E-state index contributed by atoms with van der Waals surface area (Å²) in [6, 6.07) is 0. The van der Waals surface area contributed by atoms with Crippen LogP contribution in [0.4, 0.5) is 0 Å². The molecule has 0 spiro atoms. The maximum Gasteiger partial charge on any atom is 0.0682 e. The third-order valence-electron chi connectivity index (χ3n) is 3.26. The standard InChI is InChI=1S/C12H22O/c1-3-5-11-6-9-12(13,8-4-2)10-7-11/h4,11,13H,2-3,5-10H2,1H3. The van der Waals surface area contributed by atoms with Crippen LogP contribution in [0.5, 0.6) is 0 Å². The minimum Gasteiger partial charge on any atom is -0.390 e. The zero-order chi connectivity index (χ0) is 9.73. The van der Waals surface area contributed by atoms with Gasteiger partial charge in [0.1, 0.15) is 0 Å². The molecule has 1 rings (SSSR count). The number of hydrogen-bond donors (Lipinski definition) is 1. The Morgan fingerprint density at radius 3 is 2.54 bits per heavy atom. The van der Waals surface area contributed by atoms with E-state index in [0.717, 1.165) is 25.2 Å². The van der Waals surface area contributed by atoms with E-state index in [-0.39, 0.29) is 0 Å². The molecule has 76 valence electrons. The van der Waals surface area contributed by atoms with E-state index >= 15 is 0 Å². The van der Waals surface area contributed by atoms with Crippen molar-refractivity contribution >= 4 is 0 Å². The van der Waals surface area contributed by atoms with E-state index in [1.807, 2.05) is 6.08 Å². The maximum absolute atomic E-state index is 10.1. The van der Waals surface area contributed by atoms with Crippen molar-refractivity contribution in [2.45, 2.75) is 57.5 Å². The predicted molar refractivity (Wildman–Crippen MR) is 56.6 cm³/mol. The number of hydrogen-bond acceptors (Lipinski definition) is 1. The fraction of sp³-hybridized carbons (Fsp3) is 0.833. The van der Waals surface area contributed by atoms with Gasteiger partial charge in [-0.2, -0.15) is 0 Å². The molecule has 0 radical (unpaired) electrons. The van der Waals surface area contributed by atoms with Crippen LogP contribution < -0.4 is 0 Å². The molecule has 0 saturated heterocycles. The Labute approximate surface area is 81.9 Å². The summed E-state index contributed by atoms with van der Waals surface area (Å²) in [5, 5.41) is 10.1. The van der Waals surface area contributed by atoms with Crippen molar-refractivity contribution in [2.24, 2.45) is 5.92 Å². The van der Waals surface area contributed by atoms with Crippen LogP contribution in [0.2, 0.25) is 0 Å². The van der Waals surface area contributed by atoms with Gasteiger partial charge in [-0.05, 0) is 38.0 Å². The molecule has 0 bridgehead atoms. The van der Waals surface area contributed by atoms with Gasteiger partial charge in [0.15, 0.2) is 0 Å². The van der Waals surface area contributed by atoms with Crippen molar-refractivity contribution in [1.29, 1.82) is 0 Å². The van der Waals surface area contributed by atoms with E-state index in [2.05, 4.69) is 13.5 Å². The molecular weight excluding hydrogens is 160 g/mol. The van der Waals surface area contributed by atoms with Crippen LogP contribution in [0.25, 0.3) is 0 Å². The van der Waals surface area contributed by atoms with Gasteiger partial charge in [0.25, 0.3) is 0 Å². The van der Waals surface area contributed by atoms with Crippen LogP contribution in [-0.2, 0) is 0 Å². The summed E-state index contributed by atoms with van der Waals surface area (Å²) in [6.07, 6.45) is 9.60. The van der Waals surface area contributed by atoms with Crippen molar-refractivity contribution in [3.05, 3.63) is 12.7 Å². The molecule has 0 aliphatic heterocycles. The van der Waals surface area contributed by atoms with Crippen molar-refractivity contribution in [3.8, 4) is 0 Å². The fourth-order valence-corrected chi connectivity index (χ4v) is 2.38. The number of rotatable bonds is 4. The first-order valence-corrected chi connectivity index (χ1v) is 5.53. The molecule has 1 fully saturated rings. The second-order valence-electron chi connectivity index (χ2n) is 4.45. The molecule has 0 unspecified atom stereocenters. The van der Waals surface area contributed by atoms with Crippen LogP contribution in [0.15, 0.2) is 12.7 Å². The summed E-state index contributed by atoms with van der Waals surface area (Å²) in [4.78, 5) is 0. The van der Waals surface area contributed by atoms with Gasteiger partial charge < -0.3 is 5.11 Å². The van der Waals surface area contributed by atoms with Crippen molar-refractivity contribution in [3.63, 3.8) is 0 Å². The monoisotopic (exact) mass is 182 g/mol. The van der Waals surface area contributed by atoms with Crippen LogP contribution in [0.3, 0.4) is 0 Å². The van der Waals surface area contributed by atoms with E-state index in [9.17, 15) is 5.11 Å². The zero-order valence-corrected chi connectivity index (χ0v) is 8.76. The average Bonchev–Trinajstić information content (AvgIpc) is 2.10. The van der Waals surface area contributed by atoms with E-state index in [1.54, 1.807) is 0 Å². The van der Waals surface area contributed by atoms with Gasteiger partial charge >= 0.3 is 0 Å². The molecule has 0 aromatic rings. The smallest absolute Gasteiger partial charge is 0.0682 e. The third-order valence-corrected chi connectivity index (χ3v) is 3.26. The van der Waals surface area contributed by atoms with Gasteiger partial charge in [0, 0.05) is 0 Å². The topological polar surface area (TPSA) is 20.2 Å². The zero-order valence-electron chi connectivity index (χ0n) is 8.76. The first kappa shape index (κ1) is 10.8. The van der Waals surface area contributed by atoms with E-state index in [1.165, 1.54) is 25.7 Å². The molecule has 1 saturated carbocycles. The van der Waals surface area contributed by atoms with Gasteiger partial charge in [-0.25, -0.2) is 0 Å². The van der Waals surface area contributed by atoms with Crippen molar-refractivity contribution in [2.75, 3.05) is 0 Å². The Balaban J connectivity index is 2.32. The largest absolute Gasteiger partial charge is 0.390 e. The SMILES string of the molecule is C=CCC1(O)CCC(CCC)CC1. The highest BCUT2D eigenvalue weighted by molar-refractivity contribution is 4.90. The predicted octanol–water partition coefficient (Wildman–Crippen LogP) is 3.28. The van der Waals surface area contributed by atoms with Crippen LogP contribution in [0, 0.1) is 5.92 Å². The molecule has 1 nitrogen and oxygen atoms in total. The lowest BCUT2D eigenvalue weighted by Crippen LogP contribution is -2.33. The summed E-state index contributed by atoms with van der Waals surface area (Å²) >= 11 is 0. The van der Waals surface area contributed by atoms with Crippen molar-refractivity contribution in [1.82, 2.24) is 0 Å². The molecule has 1 aliphatic carbocycles. The summed E-state index contributed by atoms with van der Waals surface area (Å²) < 4.78 is 0. The molecule has 1 heteroatoms. The molecule has 0 aromatic heterocycles. The molecule has 0 amide bonds. The summed E-state index contributed by atoms with van der Waals surface area (Å²) in [5.41, 5.74) is -0.411. The fourth-order valence-electron chi connectivity index (χ4n) is 2.38. The lowest BCUT2D eigenvalue weighted by Gasteiger charge is -2.35. The average molecular weight is 182 g/mol. The van der Waals surface area contributed by atoms with Gasteiger partial charge in [0.05, 0.1) is 5.60 Å². The highest BCUT2D eigenvalue weighted by Gasteiger charge is 2.31.